The zero-order chi connectivity index (χ0) is 15.5. The Kier molecular flexibility index (Phi) is 4.69. The average molecular weight is 338 g/mol. The van der Waals surface area contributed by atoms with E-state index in [0.29, 0.717) is 23.0 Å². The number of rotatable bonds is 4. The van der Waals surface area contributed by atoms with Gasteiger partial charge in [-0.1, -0.05) is 23.2 Å². The zero-order valence-corrected chi connectivity index (χ0v) is 13.6. The summed E-state index contributed by atoms with van der Waals surface area (Å²) in [5.41, 5.74) is 2.18. The monoisotopic (exact) mass is 337 g/mol. The van der Waals surface area contributed by atoms with E-state index in [0.717, 1.165) is 37.1 Å². The van der Waals surface area contributed by atoms with Gasteiger partial charge in [-0.3, -0.25) is 4.79 Å². The normalized spacial score (nSPS) is 14.0. The molecule has 1 amide bonds. The van der Waals surface area contributed by atoms with Gasteiger partial charge in [-0.25, -0.2) is 4.98 Å². The van der Waals surface area contributed by atoms with E-state index in [1.165, 1.54) is 0 Å². The maximum absolute atomic E-state index is 12.3. The van der Waals surface area contributed by atoms with Crippen LogP contribution in [0.3, 0.4) is 0 Å². The first-order valence-electron chi connectivity index (χ1n) is 7.34. The van der Waals surface area contributed by atoms with Gasteiger partial charge in [0.15, 0.2) is 0 Å². The molecular formula is C16H17Cl2N3O. The molecule has 22 heavy (non-hydrogen) atoms. The second-order valence-electron chi connectivity index (χ2n) is 5.49. The Bertz CT molecular complexity index is 670. The Morgan fingerprint density at radius 2 is 2.18 bits per heavy atom. The molecule has 0 fully saturated rings. The van der Waals surface area contributed by atoms with Crippen LogP contribution in [0.2, 0.25) is 10.0 Å². The second-order valence-corrected chi connectivity index (χ2v) is 6.34. The summed E-state index contributed by atoms with van der Waals surface area (Å²) < 4.78 is 1.98. The quantitative estimate of drug-likeness (QED) is 0.855. The van der Waals surface area contributed by atoms with Gasteiger partial charge < -0.3 is 9.47 Å². The van der Waals surface area contributed by atoms with Crippen LogP contribution in [0.5, 0.6) is 0 Å². The number of hydrogen-bond acceptors (Lipinski definition) is 2. The highest BCUT2D eigenvalue weighted by Gasteiger charge is 2.22. The SMILES string of the molecule is O=C(CCCn1ccnc1)N1CCc2cc(Cl)cc(Cl)c2C1. The molecule has 2 aromatic rings. The summed E-state index contributed by atoms with van der Waals surface area (Å²) in [5.74, 6) is 0.178. The summed E-state index contributed by atoms with van der Waals surface area (Å²) in [6, 6.07) is 3.69. The smallest absolute Gasteiger partial charge is 0.222 e. The Morgan fingerprint density at radius 1 is 1.32 bits per heavy atom. The fourth-order valence-corrected chi connectivity index (χ4v) is 3.38. The molecule has 1 aromatic heterocycles. The summed E-state index contributed by atoms with van der Waals surface area (Å²) in [7, 11) is 0. The number of nitrogens with zero attached hydrogens (tertiary/aromatic N) is 3. The largest absolute Gasteiger partial charge is 0.338 e. The van der Waals surface area contributed by atoms with Crippen molar-refractivity contribution in [1.82, 2.24) is 14.5 Å². The highest BCUT2D eigenvalue weighted by Crippen LogP contribution is 2.30. The molecule has 0 radical (unpaired) electrons. The number of aromatic nitrogens is 2. The Hall–Kier alpha value is -1.52. The van der Waals surface area contributed by atoms with E-state index < -0.39 is 0 Å². The van der Waals surface area contributed by atoms with Gasteiger partial charge in [0.2, 0.25) is 5.91 Å². The minimum absolute atomic E-state index is 0.178. The number of carbonyl (C=O) groups excluding carboxylic acids is 1. The standard InChI is InChI=1S/C16H17Cl2N3O/c17-13-8-12-3-6-21(10-14(12)15(18)9-13)16(22)2-1-5-20-7-4-19-11-20/h4,7-9,11H,1-3,5-6,10H2. The van der Waals surface area contributed by atoms with Crippen LogP contribution in [-0.4, -0.2) is 26.9 Å². The van der Waals surface area contributed by atoms with E-state index in [2.05, 4.69) is 4.98 Å². The summed E-state index contributed by atoms with van der Waals surface area (Å²) in [5, 5.41) is 1.31. The Balaban J connectivity index is 1.58. The van der Waals surface area contributed by atoms with E-state index in [1.54, 1.807) is 18.6 Å². The number of fused-ring (bicyclic) bond motifs is 1. The van der Waals surface area contributed by atoms with Crippen LogP contribution in [-0.2, 0) is 24.3 Å². The van der Waals surface area contributed by atoms with Crippen LogP contribution < -0.4 is 0 Å². The van der Waals surface area contributed by atoms with E-state index in [4.69, 9.17) is 23.2 Å². The van der Waals surface area contributed by atoms with Crippen LogP contribution in [0.25, 0.3) is 0 Å². The molecule has 2 heterocycles. The maximum Gasteiger partial charge on any atom is 0.222 e. The third-order valence-corrected chi connectivity index (χ3v) is 4.53. The number of aryl methyl sites for hydroxylation is 1. The molecule has 0 saturated carbocycles. The van der Waals surface area contributed by atoms with Gasteiger partial charge in [-0.15, -0.1) is 0 Å². The fourth-order valence-electron chi connectivity index (χ4n) is 2.79. The molecule has 0 N–H and O–H groups in total. The van der Waals surface area contributed by atoms with Gasteiger partial charge in [-0.05, 0) is 36.1 Å². The first kappa shape index (κ1) is 15.4. The van der Waals surface area contributed by atoms with Gasteiger partial charge in [0.1, 0.15) is 0 Å². The van der Waals surface area contributed by atoms with E-state index >= 15 is 0 Å². The molecule has 1 aromatic carbocycles. The minimum atomic E-state index is 0.178. The van der Waals surface area contributed by atoms with Gasteiger partial charge in [0.05, 0.1) is 6.33 Å². The van der Waals surface area contributed by atoms with Gasteiger partial charge >= 0.3 is 0 Å². The van der Waals surface area contributed by atoms with Crippen LogP contribution >= 0.6 is 23.2 Å². The van der Waals surface area contributed by atoms with E-state index in [1.807, 2.05) is 21.7 Å². The van der Waals surface area contributed by atoms with Crippen molar-refractivity contribution >= 4 is 29.1 Å². The molecule has 3 rings (SSSR count). The highest BCUT2D eigenvalue weighted by atomic mass is 35.5. The van der Waals surface area contributed by atoms with Crippen molar-refractivity contribution in [2.45, 2.75) is 32.4 Å². The van der Waals surface area contributed by atoms with Crippen molar-refractivity contribution in [2.75, 3.05) is 6.54 Å². The van der Waals surface area contributed by atoms with Gasteiger partial charge in [0, 0.05) is 48.5 Å². The second kappa shape index (κ2) is 6.71. The van der Waals surface area contributed by atoms with E-state index in [-0.39, 0.29) is 5.91 Å². The number of halogens is 2. The topological polar surface area (TPSA) is 38.1 Å². The minimum Gasteiger partial charge on any atom is -0.338 e. The van der Waals surface area contributed by atoms with Crippen molar-refractivity contribution in [1.29, 1.82) is 0 Å². The van der Waals surface area contributed by atoms with Crippen LogP contribution in [0.15, 0.2) is 30.9 Å². The van der Waals surface area contributed by atoms with Crippen molar-refractivity contribution < 1.29 is 4.79 Å². The molecule has 116 valence electrons. The molecule has 0 unspecified atom stereocenters. The van der Waals surface area contributed by atoms with Crippen LogP contribution in [0.1, 0.15) is 24.0 Å². The van der Waals surface area contributed by atoms with Crippen molar-refractivity contribution in [3.63, 3.8) is 0 Å². The highest BCUT2D eigenvalue weighted by molar-refractivity contribution is 6.35. The number of hydrogen-bond donors (Lipinski definition) is 0. The molecule has 0 spiro atoms. The third kappa shape index (κ3) is 3.45. The molecular weight excluding hydrogens is 321 g/mol. The first-order chi connectivity index (χ1) is 10.6. The van der Waals surface area contributed by atoms with Crippen LogP contribution in [0.4, 0.5) is 0 Å². The number of carbonyl (C=O) groups is 1. The van der Waals surface area contributed by atoms with Crippen LogP contribution in [0, 0.1) is 0 Å². The van der Waals surface area contributed by atoms with Crippen molar-refractivity contribution in [2.24, 2.45) is 0 Å². The molecule has 0 bridgehead atoms. The molecule has 1 aliphatic rings. The lowest BCUT2D eigenvalue weighted by Crippen LogP contribution is -2.36. The summed E-state index contributed by atoms with van der Waals surface area (Å²) in [6.07, 6.45) is 7.58. The number of imidazole rings is 1. The van der Waals surface area contributed by atoms with Crippen molar-refractivity contribution in [3.8, 4) is 0 Å². The lowest BCUT2D eigenvalue weighted by molar-refractivity contribution is -0.132. The summed E-state index contributed by atoms with van der Waals surface area (Å²) in [4.78, 5) is 18.2. The predicted molar refractivity (Wildman–Crippen MR) is 87.0 cm³/mol. The lowest BCUT2D eigenvalue weighted by Gasteiger charge is -2.29. The zero-order valence-electron chi connectivity index (χ0n) is 12.1. The first-order valence-corrected chi connectivity index (χ1v) is 8.09. The Labute approximate surface area is 139 Å². The third-order valence-electron chi connectivity index (χ3n) is 3.97. The maximum atomic E-state index is 12.3. The fraction of sp³-hybridized carbons (Fsp3) is 0.375. The summed E-state index contributed by atoms with van der Waals surface area (Å²) >= 11 is 12.3. The average Bonchev–Trinajstić information content (AvgIpc) is 3.00. The molecule has 0 saturated heterocycles. The number of amides is 1. The summed E-state index contributed by atoms with van der Waals surface area (Å²) in [6.45, 7) is 2.12. The molecule has 6 heteroatoms. The van der Waals surface area contributed by atoms with Crippen molar-refractivity contribution in [3.05, 3.63) is 52.0 Å². The van der Waals surface area contributed by atoms with Gasteiger partial charge in [0.25, 0.3) is 0 Å². The number of benzene rings is 1. The molecule has 0 aliphatic carbocycles. The molecule has 4 nitrogen and oxygen atoms in total. The Morgan fingerprint density at radius 3 is 2.95 bits per heavy atom. The molecule has 1 aliphatic heterocycles. The molecule has 0 atom stereocenters. The lowest BCUT2D eigenvalue weighted by atomic mass is 9.99. The van der Waals surface area contributed by atoms with Gasteiger partial charge in [-0.2, -0.15) is 0 Å². The predicted octanol–water partition coefficient (Wildman–Crippen LogP) is 3.56. The van der Waals surface area contributed by atoms with E-state index in [9.17, 15) is 4.79 Å².